The molecule has 2 aromatic rings. The minimum atomic E-state index is -0.612. The Bertz CT molecular complexity index is 1060. The van der Waals surface area contributed by atoms with E-state index in [2.05, 4.69) is 0 Å². The Kier molecular flexibility index (Phi) is 5.99. The van der Waals surface area contributed by atoms with E-state index < -0.39 is 11.9 Å². The molecule has 1 saturated carbocycles. The second kappa shape index (κ2) is 8.83. The number of benzene rings is 1. The summed E-state index contributed by atoms with van der Waals surface area (Å²) in [6, 6.07) is 5.87. The van der Waals surface area contributed by atoms with Gasteiger partial charge in [0.2, 0.25) is 0 Å². The van der Waals surface area contributed by atoms with E-state index in [9.17, 15) is 9.59 Å². The number of methoxy groups -OCH3 is 2. The van der Waals surface area contributed by atoms with Crippen molar-refractivity contribution in [3.63, 3.8) is 0 Å². The van der Waals surface area contributed by atoms with Crippen LogP contribution >= 0.6 is 11.3 Å². The molecule has 2 heterocycles. The topological polar surface area (TPSA) is 68.7 Å². The normalized spacial score (nSPS) is 17.3. The Labute approximate surface area is 179 Å². The fraction of sp³-hybridized carbons (Fsp3) is 0.348. The average molecular weight is 425 g/mol. The fourth-order valence-corrected chi connectivity index (χ4v) is 5.14. The van der Waals surface area contributed by atoms with Crippen molar-refractivity contribution < 1.29 is 19.1 Å². The van der Waals surface area contributed by atoms with Crippen molar-refractivity contribution >= 4 is 39.2 Å². The van der Waals surface area contributed by atoms with Gasteiger partial charge in [-0.1, -0.05) is 25.3 Å². The number of aromatic nitrogens is 1. The Morgan fingerprint density at radius 1 is 1.07 bits per heavy atom. The second-order valence-electron chi connectivity index (χ2n) is 7.36. The zero-order valence-electron chi connectivity index (χ0n) is 17.1. The van der Waals surface area contributed by atoms with Gasteiger partial charge in [0.1, 0.15) is 5.70 Å². The van der Waals surface area contributed by atoms with E-state index in [0.717, 1.165) is 15.9 Å². The third kappa shape index (κ3) is 3.89. The van der Waals surface area contributed by atoms with Gasteiger partial charge >= 0.3 is 11.9 Å². The van der Waals surface area contributed by atoms with Gasteiger partial charge in [0.25, 0.3) is 0 Å². The van der Waals surface area contributed by atoms with Crippen LogP contribution in [0.5, 0.6) is 0 Å². The van der Waals surface area contributed by atoms with Gasteiger partial charge in [-0.25, -0.2) is 14.6 Å². The number of allylic oxidation sites excluding steroid dienone is 2. The van der Waals surface area contributed by atoms with E-state index in [1.165, 1.54) is 51.3 Å². The lowest BCUT2D eigenvalue weighted by atomic mass is 9.90. The number of fused-ring (bicyclic) bond motifs is 1. The van der Waals surface area contributed by atoms with Crippen molar-refractivity contribution in [3.8, 4) is 0 Å². The van der Waals surface area contributed by atoms with Gasteiger partial charge in [-0.05, 0) is 43.2 Å². The number of anilines is 1. The lowest BCUT2D eigenvalue weighted by Crippen LogP contribution is -2.26. The lowest BCUT2D eigenvalue weighted by molar-refractivity contribution is -0.139. The highest BCUT2D eigenvalue weighted by atomic mass is 32.1. The number of rotatable bonds is 4. The molecule has 7 heteroatoms. The summed E-state index contributed by atoms with van der Waals surface area (Å²) in [6.45, 7) is 0. The van der Waals surface area contributed by atoms with Gasteiger partial charge in [0.05, 0.1) is 35.0 Å². The second-order valence-corrected chi connectivity index (χ2v) is 8.42. The Morgan fingerprint density at radius 3 is 2.57 bits per heavy atom. The summed E-state index contributed by atoms with van der Waals surface area (Å²) in [5.41, 5.74) is 1.97. The number of hydrogen-bond donors (Lipinski definition) is 0. The molecule has 0 atom stereocenters. The number of carbonyl (C=O) groups is 2. The first-order valence-electron chi connectivity index (χ1n) is 10.1. The third-order valence-corrected chi connectivity index (χ3v) is 6.69. The van der Waals surface area contributed by atoms with Crippen LogP contribution in [0.25, 0.3) is 10.2 Å². The minimum absolute atomic E-state index is 0.116. The largest absolute Gasteiger partial charge is 0.465 e. The smallest absolute Gasteiger partial charge is 0.355 e. The van der Waals surface area contributed by atoms with Crippen LogP contribution in [0.1, 0.15) is 43.0 Å². The van der Waals surface area contributed by atoms with Crippen LogP contribution in [0.15, 0.2) is 53.9 Å². The van der Waals surface area contributed by atoms with E-state index in [0.29, 0.717) is 5.92 Å². The van der Waals surface area contributed by atoms with Crippen LogP contribution in [0.2, 0.25) is 0 Å². The molecule has 2 aliphatic rings. The standard InChI is InChI=1S/C23H24N2O4S/c1-28-22(26)17-10-6-7-13-25(20(17)23(27)29-2)16-11-12-18-19(14-16)30-21(24-18)15-8-4-3-5-9-15/h6-7,10-15H,3-5,8-9H2,1-2H3. The molecule has 0 amide bonds. The summed E-state index contributed by atoms with van der Waals surface area (Å²) in [5.74, 6) is -0.670. The molecule has 0 spiro atoms. The zero-order chi connectivity index (χ0) is 21.1. The highest BCUT2D eigenvalue weighted by molar-refractivity contribution is 7.18. The molecule has 6 nitrogen and oxygen atoms in total. The van der Waals surface area contributed by atoms with Crippen molar-refractivity contribution in [1.29, 1.82) is 0 Å². The van der Waals surface area contributed by atoms with Gasteiger partial charge < -0.3 is 14.4 Å². The van der Waals surface area contributed by atoms with Crippen molar-refractivity contribution in [1.82, 2.24) is 4.98 Å². The quantitative estimate of drug-likeness (QED) is 0.655. The Balaban J connectivity index is 1.76. The highest BCUT2D eigenvalue weighted by Gasteiger charge is 2.28. The van der Waals surface area contributed by atoms with Crippen molar-refractivity contribution in [2.75, 3.05) is 19.1 Å². The van der Waals surface area contributed by atoms with E-state index >= 15 is 0 Å². The zero-order valence-corrected chi connectivity index (χ0v) is 17.9. The molecule has 30 heavy (non-hydrogen) atoms. The first-order valence-corrected chi connectivity index (χ1v) is 10.9. The highest BCUT2D eigenvalue weighted by Crippen LogP contribution is 2.38. The summed E-state index contributed by atoms with van der Waals surface area (Å²) in [6.07, 6.45) is 13.0. The molecular weight excluding hydrogens is 400 g/mol. The minimum Gasteiger partial charge on any atom is -0.465 e. The molecule has 0 saturated heterocycles. The van der Waals surface area contributed by atoms with Crippen LogP contribution in [-0.4, -0.2) is 31.1 Å². The number of nitrogens with zero attached hydrogens (tertiary/aromatic N) is 2. The predicted molar refractivity (Wildman–Crippen MR) is 117 cm³/mol. The average Bonchev–Trinajstić information content (AvgIpc) is 3.09. The molecular formula is C23H24N2O4S. The summed E-state index contributed by atoms with van der Waals surface area (Å²) >= 11 is 1.71. The van der Waals surface area contributed by atoms with E-state index in [1.807, 2.05) is 18.2 Å². The fourth-order valence-electron chi connectivity index (χ4n) is 3.97. The Morgan fingerprint density at radius 2 is 1.83 bits per heavy atom. The third-order valence-electron chi connectivity index (χ3n) is 5.51. The monoisotopic (exact) mass is 424 g/mol. The molecule has 1 fully saturated rings. The number of ether oxygens (including phenoxy) is 2. The van der Waals surface area contributed by atoms with E-state index in [-0.39, 0.29) is 11.3 Å². The van der Waals surface area contributed by atoms with Crippen molar-refractivity contribution in [2.45, 2.75) is 38.0 Å². The molecule has 156 valence electrons. The van der Waals surface area contributed by atoms with Crippen LogP contribution in [0, 0.1) is 0 Å². The summed E-state index contributed by atoms with van der Waals surface area (Å²) in [4.78, 5) is 31.4. The summed E-state index contributed by atoms with van der Waals surface area (Å²) in [5, 5.41) is 1.19. The van der Waals surface area contributed by atoms with Gasteiger partial charge in [0, 0.05) is 17.8 Å². The molecule has 0 bridgehead atoms. The number of esters is 2. The molecule has 0 N–H and O–H groups in total. The number of thiazole rings is 1. The lowest BCUT2D eigenvalue weighted by Gasteiger charge is -2.23. The predicted octanol–water partition coefficient (Wildman–Crippen LogP) is 4.83. The summed E-state index contributed by atoms with van der Waals surface area (Å²) in [7, 11) is 2.58. The van der Waals surface area contributed by atoms with Crippen LogP contribution < -0.4 is 4.90 Å². The molecule has 1 aromatic heterocycles. The van der Waals surface area contributed by atoms with Gasteiger partial charge in [0.15, 0.2) is 0 Å². The number of carbonyl (C=O) groups excluding carboxylic acids is 2. The maximum atomic E-state index is 12.6. The van der Waals surface area contributed by atoms with Crippen molar-refractivity contribution in [3.05, 3.63) is 58.9 Å². The molecule has 1 aromatic carbocycles. The van der Waals surface area contributed by atoms with E-state index in [1.54, 1.807) is 40.7 Å². The van der Waals surface area contributed by atoms with Crippen LogP contribution in [0.4, 0.5) is 5.69 Å². The maximum absolute atomic E-state index is 12.6. The molecule has 0 unspecified atom stereocenters. The van der Waals surface area contributed by atoms with E-state index in [4.69, 9.17) is 14.5 Å². The maximum Gasteiger partial charge on any atom is 0.355 e. The van der Waals surface area contributed by atoms with Crippen molar-refractivity contribution in [2.24, 2.45) is 0 Å². The van der Waals surface area contributed by atoms with Gasteiger partial charge in [-0.2, -0.15) is 0 Å². The molecule has 1 aliphatic carbocycles. The van der Waals surface area contributed by atoms with Gasteiger partial charge in [-0.3, -0.25) is 0 Å². The summed E-state index contributed by atoms with van der Waals surface area (Å²) < 4.78 is 10.9. The van der Waals surface area contributed by atoms with Gasteiger partial charge in [-0.15, -0.1) is 11.3 Å². The first kappa shape index (κ1) is 20.3. The molecule has 0 radical (unpaired) electrons. The SMILES string of the molecule is COC(=O)C1=C(C(=O)OC)N(c2ccc3nc(C4CCCCC4)sc3c2)C=CC=C1. The Hall–Kier alpha value is -2.93. The first-order chi connectivity index (χ1) is 14.6. The van der Waals surface area contributed by atoms with Crippen LogP contribution in [-0.2, 0) is 19.1 Å². The molecule has 4 rings (SSSR count). The molecule has 1 aliphatic heterocycles. The van der Waals surface area contributed by atoms with Crippen LogP contribution in [0.3, 0.4) is 0 Å². The number of hydrogen-bond acceptors (Lipinski definition) is 7.